The Morgan fingerprint density at radius 2 is 2.00 bits per heavy atom. The predicted molar refractivity (Wildman–Crippen MR) is 129 cm³/mol. The third-order valence-electron chi connectivity index (χ3n) is 5.68. The van der Waals surface area contributed by atoms with Gasteiger partial charge in [0.05, 0.1) is 19.0 Å². The van der Waals surface area contributed by atoms with Gasteiger partial charge in [-0.05, 0) is 49.2 Å². The summed E-state index contributed by atoms with van der Waals surface area (Å²) in [5, 5.41) is 9.14. The average molecular weight is 461 g/mol. The standard InChI is InChI=1S/C25H28N6O3/c1-34-20-9-7-16(8-10-20)13-29-24(32)18-5-2-4-17(12-18)21-15-28-23(26)22(31-21)25(33)30-19-6-3-11-27-14-19/h2,4-5,7-10,12,15,19,27H,3,6,11,13-14H2,1H3,(H2,26,28)(H,29,32)(H,30,33)/t19-/m0/s1. The topological polar surface area (TPSA) is 131 Å². The van der Waals surface area contributed by atoms with Crippen molar-refractivity contribution in [1.29, 1.82) is 0 Å². The smallest absolute Gasteiger partial charge is 0.274 e. The van der Waals surface area contributed by atoms with Gasteiger partial charge in [0.1, 0.15) is 5.75 Å². The molecule has 34 heavy (non-hydrogen) atoms. The molecule has 3 aromatic rings. The summed E-state index contributed by atoms with van der Waals surface area (Å²) in [5.41, 5.74) is 8.59. The second-order valence-electron chi connectivity index (χ2n) is 8.12. The number of anilines is 1. The molecule has 1 saturated heterocycles. The lowest BCUT2D eigenvalue weighted by atomic mass is 10.1. The quantitative estimate of drug-likeness (QED) is 0.425. The first-order valence-corrected chi connectivity index (χ1v) is 11.2. The molecule has 2 amide bonds. The van der Waals surface area contributed by atoms with Gasteiger partial charge in [0, 0.05) is 30.3 Å². The normalized spacial score (nSPS) is 15.4. The highest BCUT2D eigenvalue weighted by atomic mass is 16.5. The van der Waals surface area contributed by atoms with Crippen LogP contribution in [-0.4, -0.2) is 48.0 Å². The minimum Gasteiger partial charge on any atom is -0.497 e. The van der Waals surface area contributed by atoms with E-state index in [9.17, 15) is 9.59 Å². The fraction of sp³-hybridized carbons (Fsp3) is 0.280. The Balaban J connectivity index is 1.46. The van der Waals surface area contributed by atoms with Gasteiger partial charge in [-0.15, -0.1) is 0 Å². The van der Waals surface area contributed by atoms with E-state index in [4.69, 9.17) is 10.5 Å². The van der Waals surface area contributed by atoms with E-state index < -0.39 is 0 Å². The number of ether oxygens (including phenoxy) is 1. The van der Waals surface area contributed by atoms with E-state index in [0.717, 1.165) is 30.7 Å². The minimum absolute atomic E-state index is 0.0313. The molecule has 1 aromatic heterocycles. The molecule has 176 valence electrons. The second kappa shape index (κ2) is 10.8. The van der Waals surface area contributed by atoms with E-state index in [-0.39, 0.29) is 29.4 Å². The van der Waals surface area contributed by atoms with Crippen molar-refractivity contribution in [3.05, 3.63) is 71.5 Å². The van der Waals surface area contributed by atoms with Crippen LogP contribution in [0, 0.1) is 0 Å². The van der Waals surface area contributed by atoms with Crippen LogP contribution in [0.2, 0.25) is 0 Å². The van der Waals surface area contributed by atoms with Crippen molar-refractivity contribution in [2.24, 2.45) is 0 Å². The molecule has 0 aliphatic carbocycles. The van der Waals surface area contributed by atoms with Crippen LogP contribution in [0.15, 0.2) is 54.7 Å². The predicted octanol–water partition coefficient (Wildman–Crippen LogP) is 2.15. The molecule has 1 fully saturated rings. The molecular weight excluding hydrogens is 432 g/mol. The van der Waals surface area contributed by atoms with E-state index in [1.807, 2.05) is 30.3 Å². The van der Waals surface area contributed by atoms with Gasteiger partial charge in [0.25, 0.3) is 11.8 Å². The molecule has 2 aromatic carbocycles. The maximum atomic E-state index is 12.8. The van der Waals surface area contributed by atoms with E-state index in [1.54, 1.807) is 25.3 Å². The number of benzene rings is 2. The van der Waals surface area contributed by atoms with Gasteiger partial charge in [-0.1, -0.05) is 24.3 Å². The lowest BCUT2D eigenvalue weighted by molar-refractivity contribution is 0.0923. The third kappa shape index (κ3) is 5.68. The van der Waals surface area contributed by atoms with Crippen LogP contribution in [-0.2, 0) is 6.54 Å². The summed E-state index contributed by atoms with van der Waals surface area (Å²) in [4.78, 5) is 34.1. The molecule has 9 nitrogen and oxygen atoms in total. The zero-order chi connectivity index (χ0) is 23.9. The lowest BCUT2D eigenvalue weighted by Crippen LogP contribution is -2.46. The van der Waals surface area contributed by atoms with Gasteiger partial charge >= 0.3 is 0 Å². The Labute approximate surface area is 198 Å². The van der Waals surface area contributed by atoms with E-state index in [0.29, 0.717) is 29.9 Å². The van der Waals surface area contributed by atoms with Crippen LogP contribution in [0.3, 0.4) is 0 Å². The fourth-order valence-electron chi connectivity index (χ4n) is 3.78. The summed E-state index contributed by atoms with van der Waals surface area (Å²) in [6, 6.07) is 14.5. The number of hydrogen-bond donors (Lipinski definition) is 4. The first-order chi connectivity index (χ1) is 16.5. The largest absolute Gasteiger partial charge is 0.497 e. The van der Waals surface area contributed by atoms with Gasteiger partial charge < -0.3 is 26.4 Å². The summed E-state index contributed by atoms with van der Waals surface area (Å²) in [5.74, 6) is 0.257. The summed E-state index contributed by atoms with van der Waals surface area (Å²) >= 11 is 0. The maximum absolute atomic E-state index is 12.8. The SMILES string of the molecule is COc1ccc(CNC(=O)c2cccc(-c3cnc(N)c(C(=O)N[C@H]4CCCNC4)n3)c2)cc1. The number of nitrogen functional groups attached to an aromatic ring is 1. The van der Waals surface area contributed by atoms with Crippen LogP contribution in [0.4, 0.5) is 5.82 Å². The highest BCUT2D eigenvalue weighted by Crippen LogP contribution is 2.20. The number of methoxy groups -OCH3 is 1. The number of carbonyl (C=O) groups excluding carboxylic acids is 2. The number of rotatable bonds is 7. The number of aromatic nitrogens is 2. The number of nitrogens with zero attached hydrogens (tertiary/aromatic N) is 2. The second-order valence-corrected chi connectivity index (χ2v) is 8.12. The number of piperidine rings is 1. The Morgan fingerprint density at radius 1 is 1.18 bits per heavy atom. The first kappa shape index (κ1) is 23.2. The number of hydrogen-bond acceptors (Lipinski definition) is 7. The number of nitrogens with two attached hydrogens (primary N) is 1. The molecule has 0 radical (unpaired) electrons. The Morgan fingerprint density at radius 3 is 2.74 bits per heavy atom. The molecule has 1 aliphatic heterocycles. The van der Waals surface area contributed by atoms with Crippen LogP contribution >= 0.6 is 0 Å². The molecule has 2 heterocycles. The molecule has 9 heteroatoms. The van der Waals surface area contributed by atoms with E-state index in [2.05, 4.69) is 25.9 Å². The summed E-state index contributed by atoms with van der Waals surface area (Å²) in [6.45, 7) is 2.05. The number of nitrogens with one attached hydrogen (secondary N) is 3. The molecule has 0 unspecified atom stereocenters. The number of amides is 2. The zero-order valence-corrected chi connectivity index (χ0v) is 19.0. The average Bonchev–Trinajstić information content (AvgIpc) is 2.88. The fourth-order valence-corrected chi connectivity index (χ4v) is 3.78. The minimum atomic E-state index is -0.353. The van der Waals surface area contributed by atoms with Gasteiger partial charge in [-0.25, -0.2) is 9.97 Å². The van der Waals surface area contributed by atoms with Gasteiger partial charge in [0.15, 0.2) is 11.5 Å². The molecule has 0 saturated carbocycles. The van der Waals surface area contributed by atoms with Crippen LogP contribution in [0.25, 0.3) is 11.3 Å². The molecule has 1 aliphatic rings. The summed E-state index contributed by atoms with van der Waals surface area (Å²) in [6.07, 6.45) is 3.40. The van der Waals surface area contributed by atoms with E-state index in [1.165, 1.54) is 6.20 Å². The van der Waals surface area contributed by atoms with Crippen LogP contribution < -0.4 is 26.4 Å². The van der Waals surface area contributed by atoms with Crippen molar-refractivity contribution in [3.8, 4) is 17.0 Å². The van der Waals surface area contributed by atoms with Gasteiger partial charge in [-0.2, -0.15) is 0 Å². The van der Waals surface area contributed by atoms with Gasteiger partial charge in [-0.3, -0.25) is 9.59 Å². The van der Waals surface area contributed by atoms with Crippen LogP contribution in [0.5, 0.6) is 5.75 Å². The Hall–Kier alpha value is -3.98. The highest BCUT2D eigenvalue weighted by Gasteiger charge is 2.20. The third-order valence-corrected chi connectivity index (χ3v) is 5.68. The molecular formula is C25H28N6O3. The Kier molecular flexibility index (Phi) is 7.34. The Bertz CT molecular complexity index is 1160. The monoisotopic (exact) mass is 460 g/mol. The molecule has 0 bridgehead atoms. The van der Waals surface area contributed by atoms with Crippen molar-refractivity contribution < 1.29 is 14.3 Å². The molecule has 0 spiro atoms. The summed E-state index contributed by atoms with van der Waals surface area (Å²) in [7, 11) is 1.61. The van der Waals surface area contributed by atoms with Gasteiger partial charge in [0.2, 0.25) is 0 Å². The highest BCUT2D eigenvalue weighted by molar-refractivity contribution is 5.97. The van der Waals surface area contributed by atoms with Crippen LogP contribution in [0.1, 0.15) is 39.3 Å². The first-order valence-electron chi connectivity index (χ1n) is 11.2. The van der Waals surface area contributed by atoms with Crippen molar-refractivity contribution in [2.75, 3.05) is 25.9 Å². The van der Waals surface area contributed by atoms with E-state index >= 15 is 0 Å². The summed E-state index contributed by atoms with van der Waals surface area (Å²) < 4.78 is 5.15. The lowest BCUT2D eigenvalue weighted by Gasteiger charge is -2.23. The molecule has 4 rings (SSSR count). The number of carbonyl (C=O) groups is 2. The van der Waals surface area contributed by atoms with Crippen molar-refractivity contribution in [2.45, 2.75) is 25.4 Å². The molecule has 5 N–H and O–H groups in total. The maximum Gasteiger partial charge on any atom is 0.274 e. The van der Waals surface area contributed by atoms with Crippen molar-refractivity contribution in [1.82, 2.24) is 25.9 Å². The van der Waals surface area contributed by atoms with Crippen molar-refractivity contribution in [3.63, 3.8) is 0 Å². The van der Waals surface area contributed by atoms with Crippen molar-refractivity contribution >= 4 is 17.6 Å². The zero-order valence-electron chi connectivity index (χ0n) is 19.0. The molecule has 1 atom stereocenters.